The molecule has 1 heterocycles. The number of rotatable bonds is 7. The summed E-state index contributed by atoms with van der Waals surface area (Å²) in [5.74, 6) is -0.408. The number of para-hydroxylation sites is 2. The summed E-state index contributed by atoms with van der Waals surface area (Å²) in [5, 5.41) is 0.277. The Morgan fingerprint density at radius 1 is 0.889 bits per heavy atom. The minimum absolute atomic E-state index is 0.147. The van der Waals surface area contributed by atoms with E-state index >= 15 is 0 Å². The SMILES string of the molecule is CC(C)(C)OC(=O)On1c(OP(=O)(Oc2ccccc2)Oc2ccccc2)c(Br)c2cc(F)ccc21. The summed E-state index contributed by atoms with van der Waals surface area (Å²) in [6.07, 6.45) is -1.07. The number of phosphoric acid groups is 1. The fourth-order valence-corrected chi connectivity index (χ4v) is 5.00. The van der Waals surface area contributed by atoms with Crippen molar-refractivity contribution < 1.29 is 36.9 Å². The fourth-order valence-electron chi connectivity index (χ4n) is 3.07. The monoisotopic (exact) mass is 577 g/mol. The molecule has 1 aromatic heterocycles. The number of ether oxygens (including phenoxy) is 1. The van der Waals surface area contributed by atoms with E-state index in [2.05, 4.69) is 15.9 Å². The maximum absolute atomic E-state index is 14.0. The van der Waals surface area contributed by atoms with Crippen molar-refractivity contribution in [1.82, 2.24) is 4.73 Å². The Morgan fingerprint density at radius 3 is 1.97 bits per heavy atom. The van der Waals surface area contributed by atoms with Crippen LogP contribution < -0.4 is 18.4 Å². The quantitative estimate of drug-likeness (QED) is 0.165. The molecule has 11 heteroatoms. The Balaban J connectivity index is 1.79. The van der Waals surface area contributed by atoms with Gasteiger partial charge >= 0.3 is 14.0 Å². The molecule has 4 aromatic rings. The molecule has 36 heavy (non-hydrogen) atoms. The zero-order chi connectivity index (χ0) is 25.9. The number of fused-ring (bicyclic) bond motifs is 1. The van der Waals surface area contributed by atoms with Gasteiger partial charge in [-0.1, -0.05) is 36.4 Å². The third-order valence-corrected chi connectivity index (χ3v) is 6.49. The molecule has 0 bridgehead atoms. The summed E-state index contributed by atoms with van der Waals surface area (Å²) in [7, 11) is -4.47. The second kappa shape index (κ2) is 10.2. The van der Waals surface area contributed by atoms with Crippen LogP contribution >= 0.6 is 23.8 Å². The summed E-state index contributed by atoms with van der Waals surface area (Å²) >= 11 is 3.33. The number of halogens is 2. The van der Waals surface area contributed by atoms with Gasteiger partial charge in [0, 0.05) is 5.39 Å². The lowest BCUT2D eigenvalue weighted by molar-refractivity contribution is -0.0111. The van der Waals surface area contributed by atoms with Crippen molar-refractivity contribution in [3.05, 3.63) is 89.2 Å². The zero-order valence-corrected chi connectivity index (χ0v) is 22.0. The van der Waals surface area contributed by atoms with Gasteiger partial charge in [-0.05, 0) is 79.2 Å². The summed E-state index contributed by atoms with van der Waals surface area (Å²) in [5.41, 5.74) is -0.623. The smallest absolute Gasteiger partial charge is 0.427 e. The molecule has 0 amide bonds. The second-order valence-electron chi connectivity index (χ2n) is 8.48. The average molecular weight is 578 g/mol. The molecule has 0 aliphatic carbocycles. The van der Waals surface area contributed by atoms with Crippen molar-refractivity contribution >= 4 is 40.8 Å². The molecule has 4 rings (SSSR count). The van der Waals surface area contributed by atoms with Gasteiger partial charge in [-0.25, -0.2) is 9.18 Å². The maximum atomic E-state index is 14.0. The van der Waals surface area contributed by atoms with Crippen LogP contribution in [0.1, 0.15) is 20.8 Å². The third-order valence-electron chi connectivity index (χ3n) is 4.46. The van der Waals surface area contributed by atoms with E-state index in [4.69, 9.17) is 23.1 Å². The molecule has 0 saturated carbocycles. The number of hydrogen-bond acceptors (Lipinski definition) is 7. The predicted molar refractivity (Wildman–Crippen MR) is 135 cm³/mol. The van der Waals surface area contributed by atoms with Gasteiger partial charge in [-0.15, -0.1) is 4.73 Å². The van der Waals surface area contributed by atoms with E-state index in [9.17, 15) is 13.8 Å². The molecule has 0 saturated heterocycles. The lowest BCUT2D eigenvalue weighted by Crippen LogP contribution is -2.30. The molecule has 0 aliphatic heterocycles. The highest BCUT2D eigenvalue weighted by Crippen LogP contribution is 2.52. The van der Waals surface area contributed by atoms with E-state index < -0.39 is 25.4 Å². The number of aromatic nitrogens is 1. The number of nitrogens with zero attached hydrogens (tertiary/aromatic N) is 1. The van der Waals surface area contributed by atoms with Gasteiger partial charge in [0.2, 0.25) is 0 Å². The minimum atomic E-state index is -4.47. The summed E-state index contributed by atoms with van der Waals surface area (Å²) < 4.78 is 51.4. The van der Waals surface area contributed by atoms with E-state index in [1.54, 1.807) is 81.4 Å². The first kappa shape index (κ1) is 25.6. The van der Waals surface area contributed by atoms with E-state index in [-0.39, 0.29) is 32.8 Å². The lowest BCUT2D eigenvalue weighted by Gasteiger charge is -2.21. The van der Waals surface area contributed by atoms with Crippen LogP contribution in [0.2, 0.25) is 0 Å². The van der Waals surface area contributed by atoms with Crippen LogP contribution in [0.15, 0.2) is 83.3 Å². The highest BCUT2D eigenvalue weighted by atomic mass is 79.9. The first-order valence-corrected chi connectivity index (χ1v) is 13.0. The molecule has 188 valence electrons. The number of benzene rings is 3. The van der Waals surface area contributed by atoms with Crippen LogP contribution in [0.4, 0.5) is 9.18 Å². The lowest BCUT2D eigenvalue weighted by atomic mass is 10.2. The largest absolute Gasteiger partial charge is 0.648 e. The van der Waals surface area contributed by atoms with Crippen LogP contribution in [-0.4, -0.2) is 16.5 Å². The Morgan fingerprint density at radius 2 is 1.44 bits per heavy atom. The van der Waals surface area contributed by atoms with E-state index in [1.165, 1.54) is 18.2 Å². The second-order valence-corrected chi connectivity index (χ2v) is 10.7. The van der Waals surface area contributed by atoms with Crippen molar-refractivity contribution in [3.63, 3.8) is 0 Å². The van der Waals surface area contributed by atoms with Crippen molar-refractivity contribution in [3.8, 4) is 17.4 Å². The van der Waals surface area contributed by atoms with Gasteiger partial charge in [-0.2, -0.15) is 4.57 Å². The molecule has 0 radical (unpaired) electrons. The molecule has 0 unspecified atom stereocenters. The van der Waals surface area contributed by atoms with Crippen LogP contribution in [0.5, 0.6) is 17.4 Å². The van der Waals surface area contributed by atoms with Crippen LogP contribution in [0, 0.1) is 5.82 Å². The first-order valence-electron chi connectivity index (χ1n) is 10.7. The Labute approximate surface area is 215 Å². The van der Waals surface area contributed by atoms with Crippen molar-refractivity contribution in [2.45, 2.75) is 26.4 Å². The number of phosphoric ester groups is 1. The molecule has 0 aliphatic rings. The summed E-state index contributed by atoms with van der Waals surface area (Å²) in [6, 6.07) is 20.3. The van der Waals surface area contributed by atoms with Gasteiger partial charge in [0.1, 0.15) is 22.9 Å². The number of hydrogen-bond donors (Lipinski definition) is 0. The van der Waals surface area contributed by atoms with Gasteiger partial charge < -0.3 is 18.3 Å². The van der Waals surface area contributed by atoms with Gasteiger partial charge in [0.15, 0.2) is 0 Å². The molecule has 0 atom stereocenters. The first-order chi connectivity index (χ1) is 17.0. The molecule has 0 N–H and O–H groups in total. The molecule has 0 spiro atoms. The molecule has 3 aromatic carbocycles. The van der Waals surface area contributed by atoms with Crippen molar-refractivity contribution in [2.75, 3.05) is 0 Å². The van der Waals surface area contributed by atoms with Crippen LogP contribution in [0.3, 0.4) is 0 Å². The van der Waals surface area contributed by atoms with Gasteiger partial charge in [0.25, 0.3) is 5.88 Å². The van der Waals surface area contributed by atoms with Gasteiger partial charge in [-0.3, -0.25) is 4.84 Å². The van der Waals surface area contributed by atoms with Crippen molar-refractivity contribution in [1.29, 1.82) is 0 Å². The van der Waals surface area contributed by atoms with E-state index in [1.807, 2.05) is 0 Å². The van der Waals surface area contributed by atoms with Crippen molar-refractivity contribution in [2.24, 2.45) is 0 Å². The Hall–Kier alpha value is -3.49. The minimum Gasteiger partial charge on any atom is -0.427 e. The zero-order valence-electron chi connectivity index (χ0n) is 19.5. The van der Waals surface area contributed by atoms with Gasteiger partial charge in [0.05, 0.1) is 9.99 Å². The highest BCUT2D eigenvalue weighted by molar-refractivity contribution is 9.10. The predicted octanol–water partition coefficient (Wildman–Crippen LogP) is 7.55. The number of carbonyl (C=O) groups is 1. The standard InChI is InChI=1S/C25H22BrFNO7P/c1-25(2,3)31-24(29)32-28-21-15-14-17(27)16-20(21)22(26)23(28)35-36(30,33-18-10-6-4-7-11-18)34-19-12-8-5-9-13-19/h4-16H,1-3H3. The Bertz CT molecular complexity index is 1380. The molecule has 0 fully saturated rings. The molecular weight excluding hydrogens is 556 g/mol. The summed E-state index contributed by atoms with van der Waals surface area (Å²) in [4.78, 5) is 17.9. The van der Waals surface area contributed by atoms with E-state index in [0.717, 1.165) is 4.73 Å². The molecule has 8 nitrogen and oxygen atoms in total. The normalized spacial score (nSPS) is 11.7. The average Bonchev–Trinajstić information content (AvgIpc) is 3.04. The number of carbonyl (C=O) groups excluding carboxylic acids is 1. The highest BCUT2D eigenvalue weighted by Gasteiger charge is 2.37. The summed E-state index contributed by atoms with van der Waals surface area (Å²) in [6.45, 7) is 5.00. The molecular formula is C25H22BrFNO7P. The fraction of sp³-hybridized carbons (Fsp3) is 0.160. The topological polar surface area (TPSA) is 85.2 Å². The Kier molecular flexibility index (Phi) is 7.28. The maximum Gasteiger partial charge on any atom is 0.648 e. The van der Waals surface area contributed by atoms with E-state index in [0.29, 0.717) is 0 Å². The van der Waals surface area contributed by atoms with Crippen LogP contribution in [-0.2, 0) is 9.30 Å². The van der Waals surface area contributed by atoms with Crippen LogP contribution in [0.25, 0.3) is 10.9 Å². The third kappa shape index (κ3) is 6.19.